The fraction of sp³-hybridized carbons (Fsp3) is 0.227. The largest absolute Gasteiger partial charge is 0.497 e. The van der Waals surface area contributed by atoms with E-state index in [4.69, 9.17) is 4.74 Å². The molecule has 0 radical (unpaired) electrons. The molecule has 6 nitrogen and oxygen atoms in total. The van der Waals surface area contributed by atoms with Crippen molar-refractivity contribution in [3.05, 3.63) is 71.9 Å². The van der Waals surface area contributed by atoms with Crippen molar-refractivity contribution >= 4 is 11.7 Å². The van der Waals surface area contributed by atoms with Crippen LogP contribution in [0.5, 0.6) is 5.75 Å². The van der Waals surface area contributed by atoms with Crippen LogP contribution in [-0.4, -0.2) is 29.0 Å². The third-order valence-corrected chi connectivity index (χ3v) is 4.04. The lowest BCUT2D eigenvalue weighted by Gasteiger charge is -2.12. The Balaban J connectivity index is 1.81. The van der Waals surface area contributed by atoms with Crippen LogP contribution in [0, 0.1) is 0 Å². The molecule has 0 fully saturated rings. The van der Waals surface area contributed by atoms with Crippen molar-refractivity contribution in [2.75, 3.05) is 12.4 Å². The molecule has 3 aromatic rings. The Morgan fingerprint density at radius 3 is 2.39 bits per heavy atom. The molecule has 1 amide bonds. The molecular weight excluding hydrogens is 352 g/mol. The first-order chi connectivity index (χ1) is 13.5. The molecule has 0 saturated carbocycles. The summed E-state index contributed by atoms with van der Waals surface area (Å²) in [7, 11) is 1.62. The highest BCUT2D eigenvalue weighted by molar-refractivity contribution is 5.93. The quantitative estimate of drug-likeness (QED) is 0.654. The van der Waals surface area contributed by atoms with Crippen LogP contribution in [0.3, 0.4) is 0 Å². The van der Waals surface area contributed by atoms with Gasteiger partial charge in [0, 0.05) is 24.2 Å². The summed E-state index contributed by atoms with van der Waals surface area (Å²) in [5.41, 5.74) is 2.16. The molecule has 0 aliphatic heterocycles. The van der Waals surface area contributed by atoms with E-state index in [0.29, 0.717) is 23.9 Å². The van der Waals surface area contributed by atoms with Gasteiger partial charge in [0.2, 0.25) is 0 Å². The Hall–Kier alpha value is -3.41. The zero-order valence-corrected chi connectivity index (χ0v) is 16.3. The van der Waals surface area contributed by atoms with Crippen LogP contribution in [0.2, 0.25) is 0 Å². The van der Waals surface area contributed by atoms with Gasteiger partial charge in [-0.05, 0) is 31.5 Å². The van der Waals surface area contributed by atoms with E-state index >= 15 is 0 Å². The second-order valence-corrected chi connectivity index (χ2v) is 6.66. The highest BCUT2D eigenvalue weighted by atomic mass is 16.5. The number of amides is 1. The van der Waals surface area contributed by atoms with E-state index in [1.54, 1.807) is 13.2 Å². The second kappa shape index (κ2) is 8.99. The molecule has 0 unspecified atom stereocenters. The second-order valence-electron chi connectivity index (χ2n) is 6.66. The molecule has 0 aliphatic carbocycles. The molecule has 0 atom stereocenters. The number of carbonyl (C=O) groups is 1. The van der Waals surface area contributed by atoms with Crippen molar-refractivity contribution in [2.24, 2.45) is 0 Å². The van der Waals surface area contributed by atoms with Gasteiger partial charge in [0.15, 0.2) is 5.82 Å². The predicted octanol–water partition coefficient (Wildman–Crippen LogP) is 3.90. The van der Waals surface area contributed by atoms with Crippen molar-refractivity contribution in [2.45, 2.75) is 26.4 Å². The Labute approximate surface area is 165 Å². The number of ether oxygens (including phenoxy) is 1. The maximum atomic E-state index is 12.7. The summed E-state index contributed by atoms with van der Waals surface area (Å²) in [6.45, 7) is 4.45. The van der Waals surface area contributed by atoms with Crippen molar-refractivity contribution in [1.82, 2.24) is 15.3 Å². The summed E-state index contributed by atoms with van der Waals surface area (Å²) in [6, 6.07) is 19.1. The van der Waals surface area contributed by atoms with Crippen LogP contribution in [0.4, 0.5) is 5.82 Å². The summed E-state index contributed by atoms with van der Waals surface area (Å²) in [5, 5.41) is 6.17. The minimum atomic E-state index is -0.248. The molecule has 1 aromatic heterocycles. The number of benzene rings is 2. The first-order valence-corrected chi connectivity index (χ1v) is 9.17. The van der Waals surface area contributed by atoms with Crippen molar-refractivity contribution in [1.29, 1.82) is 0 Å². The van der Waals surface area contributed by atoms with Gasteiger partial charge in [-0.25, -0.2) is 9.97 Å². The molecule has 0 bridgehead atoms. The summed E-state index contributed by atoms with van der Waals surface area (Å²) in [6.07, 6.45) is 0. The van der Waals surface area contributed by atoms with Crippen molar-refractivity contribution in [3.63, 3.8) is 0 Å². The third-order valence-electron chi connectivity index (χ3n) is 4.04. The van der Waals surface area contributed by atoms with Gasteiger partial charge in [0.1, 0.15) is 17.3 Å². The Kier molecular flexibility index (Phi) is 6.22. The fourth-order valence-electron chi connectivity index (χ4n) is 2.67. The molecule has 28 heavy (non-hydrogen) atoms. The predicted molar refractivity (Wildman–Crippen MR) is 110 cm³/mol. The van der Waals surface area contributed by atoms with Crippen LogP contribution in [0.1, 0.15) is 29.9 Å². The summed E-state index contributed by atoms with van der Waals surface area (Å²) < 4.78 is 5.15. The number of methoxy groups -OCH3 is 1. The number of nitrogens with one attached hydrogen (secondary N) is 2. The Morgan fingerprint density at radius 1 is 1.04 bits per heavy atom. The average molecular weight is 376 g/mol. The first kappa shape index (κ1) is 19.4. The molecular formula is C22H24N4O2. The lowest BCUT2D eigenvalue weighted by molar-refractivity contribution is 0.0946. The van der Waals surface area contributed by atoms with Crippen LogP contribution in [-0.2, 0) is 6.54 Å². The first-order valence-electron chi connectivity index (χ1n) is 9.17. The van der Waals surface area contributed by atoms with Crippen LogP contribution < -0.4 is 15.4 Å². The number of rotatable bonds is 7. The molecule has 144 valence electrons. The van der Waals surface area contributed by atoms with Gasteiger partial charge < -0.3 is 15.4 Å². The number of hydrogen-bond donors (Lipinski definition) is 2. The molecule has 1 heterocycles. The van der Waals surface area contributed by atoms with Gasteiger partial charge in [-0.1, -0.05) is 42.5 Å². The highest BCUT2D eigenvalue weighted by Crippen LogP contribution is 2.18. The maximum absolute atomic E-state index is 12.7. The highest BCUT2D eigenvalue weighted by Gasteiger charge is 2.13. The minimum absolute atomic E-state index is 0.189. The van der Waals surface area contributed by atoms with Gasteiger partial charge in [-0.3, -0.25) is 4.79 Å². The zero-order chi connectivity index (χ0) is 19.9. The molecule has 0 saturated heterocycles. The number of aromatic nitrogens is 2. The molecule has 0 spiro atoms. The normalized spacial score (nSPS) is 10.6. The SMILES string of the molecule is COc1ccc(CNC(=O)c2cc(NC(C)C)nc(-c3ccccc3)n2)cc1. The van der Waals surface area contributed by atoms with Crippen LogP contribution in [0.25, 0.3) is 11.4 Å². The Bertz CT molecular complexity index is 925. The Morgan fingerprint density at radius 2 is 1.75 bits per heavy atom. The molecule has 3 rings (SSSR count). The number of carbonyl (C=O) groups excluding carboxylic acids is 1. The summed E-state index contributed by atoms with van der Waals surface area (Å²) in [5.74, 6) is 1.67. The van der Waals surface area contributed by atoms with Gasteiger partial charge in [0.05, 0.1) is 7.11 Å². The van der Waals surface area contributed by atoms with Crippen molar-refractivity contribution in [3.8, 4) is 17.1 Å². The van der Waals surface area contributed by atoms with Crippen LogP contribution >= 0.6 is 0 Å². The molecule has 2 N–H and O–H groups in total. The van der Waals surface area contributed by atoms with E-state index in [0.717, 1.165) is 16.9 Å². The fourth-order valence-corrected chi connectivity index (χ4v) is 2.67. The molecule has 6 heteroatoms. The van der Waals surface area contributed by atoms with E-state index in [9.17, 15) is 4.79 Å². The monoisotopic (exact) mass is 376 g/mol. The maximum Gasteiger partial charge on any atom is 0.270 e. The van der Waals surface area contributed by atoms with E-state index in [2.05, 4.69) is 20.6 Å². The lowest BCUT2D eigenvalue weighted by Crippen LogP contribution is -2.24. The molecule has 2 aromatic carbocycles. The zero-order valence-electron chi connectivity index (χ0n) is 16.3. The van der Waals surface area contributed by atoms with E-state index in [1.165, 1.54) is 0 Å². The van der Waals surface area contributed by atoms with Gasteiger partial charge >= 0.3 is 0 Å². The van der Waals surface area contributed by atoms with E-state index in [-0.39, 0.29) is 11.9 Å². The van der Waals surface area contributed by atoms with Gasteiger partial charge in [-0.15, -0.1) is 0 Å². The number of nitrogens with zero attached hydrogens (tertiary/aromatic N) is 2. The third kappa shape index (κ3) is 5.07. The lowest BCUT2D eigenvalue weighted by atomic mass is 10.2. The smallest absolute Gasteiger partial charge is 0.270 e. The number of anilines is 1. The van der Waals surface area contributed by atoms with E-state index < -0.39 is 0 Å². The number of hydrogen-bond acceptors (Lipinski definition) is 5. The molecule has 0 aliphatic rings. The standard InChI is InChI=1S/C22H24N4O2/c1-15(2)24-20-13-19(25-21(26-20)17-7-5-4-6-8-17)22(27)23-14-16-9-11-18(28-3)12-10-16/h4-13,15H,14H2,1-3H3,(H,23,27)(H,24,25,26). The summed E-state index contributed by atoms with van der Waals surface area (Å²) in [4.78, 5) is 21.7. The average Bonchev–Trinajstić information content (AvgIpc) is 2.72. The minimum Gasteiger partial charge on any atom is -0.497 e. The van der Waals surface area contributed by atoms with Crippen molar-refractivity contribution < 1.29 is 9.53 Å². The topological polar surface area (TPSA) is 76.1 Å². The van der Waals surface area contributed by atoms with Gasteiger partial charge in [0.25, 0.3) is 5.91 Å². The van der Waals surface area contributed by atoms with Crippen LogP contribution in [0.15, 0.2) is 60.7 Å². The van der Waals surface area contributed by atoms with Gasteiger partial charge in [-0.2, -0.15) is 0 Å². The van der Waals surface area contributed by atoms with E-state index in [1.807, 2.05) is 68.4 Å². The summed E-state index contributed by atoms with van der Waals surface area (Å²) >= 11 is 0.